The summed E-state index contributed by atoms with van der Waals surface area (Å²) in [6.07, 6.45) is 6.11. The maximum Gasteiger partial charge on any atom is 0.223 e. The van der Waals surface area contributed by atoms with Gasteiger partial charge < -0.3 is 20.5 Å². The number of hydrogen-bond acceptors (Lipinski definition) is 7. The van der Waals surface area contributed by atoms with Crippen molar-refractivity contribution in [2.24, 2.45) is 7.05 Å². The normalized spacial score (nSPS) is 17.7. The van der Waals surface area contributed by atoms with E-state index >= 15 is 0 Å². The van der Waals surface area contributed by atoms with Crippen molar-refractivity contribution in [1.82, 2.24) is 24.7 Å². The number of rotatable bonds is 6. The molecule has 1 aliphatic heterocycles. The SMILES string of the molecule is CCCCNc1cc(N2CCC[C@H]2c2nncn2C)nc(N)n1. The first kappa shape index (κ1) is 15.5. The van der Waals surface area contributed by atoms with Gasteiger partial charge in [-0.1, -0.05) is 13.3 Å². The summed E-state index contributed by atoms with van der Waals surface area (Å²) in [5.74, 6) is 2.89. The zero-order chi connectivity index (χ0) is 16.2. The van der Waals surface area contributed by atoms with Crippen LogP contribution in [0.2, 0.25) is 0 Å². The van der Waals surface area contributed by atoms with Crippen molar-refractivity contribution < 1.29 is 0 Å². The lowest BCUT2D eigenvalue weighted by Crippen LogP contribution is -2.26. The average molecular weight is 316 g/mol. The summed E-state index contributed by atoms with van der Waals surface area (Å²) in [7, 11) is 1.97. The Balaban J connectivity index is 1.83. The summed E-state index contributed by atoms with van der Waals surface area (Å²) in [4.78, 5) is 11.0. The van der Waals surface area contributed by atoms with Crippen LogP contribution in [0.25, 0.3) is 0 Å². The van der Waals surface area contributed by atoms with Gasteiger partial charge in [0.05, 0.1) is 6.04 Å². The number of nitrogens with zero attached hydrogens (tertiary/aromatic N) is 6. The second kappa shape index (κ2) is 6.80. The third-order valence-electron chi connectivity index (χ3n) is 4.16. The minimum absolute atomic E-state index is 0.181. The van der Waals surface area contributed by atoms with Crippen molar-refractivity contribution in [3.8, 4) is 0 Å². The molecule has 124 valence electrons. The lowest BCUT2D eigenvalue weighted by Gasteiger charge is -2.25. The molecule has 3 heterocycles. The van der Waals surface area contributed by atoms with E-state index in [-0.39, 0.29) is 6.04 Å². The smallest absolute Gasteiger partial charge is 0.223 e. The maximum absolute atomic E-state index is 5.90. The van der Waals surface area contributed by atoms with Crippen molar-refractivity contribution >= 4 is 17.6 Å². The summed E-state index contributed by atoms with van der Waals surface area (Å²) < 4.78 is 1.97. The number of hydrogen-bond donors (Lipinski definition) is 2. The fourth-order valence-corrected chi connectivity index (χ4v) is 2.99. The fraction of sp³-hybridized carbons (Fsp3) is 0.600. The molecule has 1 fully saturated rings. The Kier molecular flexibility index (Phi) is 4.59. The minimum atomic E-state index is 0.181. The van der Waals surface area contributed by atoms with Crippen LogP contribution in [0.1, 0.15) is 44.5 Å². The molecule has 0 saturated carbocycles. The van der Waals surface area contributed by atoms with Crippen LogP contribution in [0.4, 0.5) is 17.6 Å². The van der Waals surface area contributed by atoms with E-state index in [0.717, 1.165) is 56.2 Å². The highest BCUT2D eigenvalue weighted by Crippen LogP contribution is 2.34. The Morgan fingerprint density at radius 1 is 1.39 bits per heavy atom. The highest BCUT2D eigenvalue weighted by molar-refractivity contribution is 5.54. The van der Waals surface area contributed by atoms with Gasteiger partial charge in [0.1, 0.15) is 18.0 Å². The van der Waals surface area contributed by atoms with E-state index in [1.807, 2.05) is 17.7 Å². The molecular weight excluding hydrogens is 292 g/mol. The van der Waals surface area contributed by atoms with Crippen molar-refractivity contribution in [2.75, 3.05) is 29.0 Å². The van der Waals surface area contributed by atoms with E-state index in [2.05, 4.69) is 37.3 Å². The van der Waals surface area contributed by atoms with Crippen molar-refractivity contribution in [2.45, 2.75) is 38.6 Å². The van der Waals surface area contributed by atoms with Crippen LogP contribution in [0.3, 0.4) is 0 Å². The molecule has 0 bridgehead atoms. The van der Waals surface area contributed by atoms with Gasteiger partial charge in [-0.2, -0.15) is 9.97 Å². The third kappa shape index (κ3) is 3.35. The molecule has 0 unspecified atom stereocenters. The predicted molar refractivity (Wildman–Crippen MR) is 90.2 cm³/mol. The molecule has 0 amide bonds. The van der Waals surface area contributed by atoms with Crippen molar-refractivity contribution in [1.29, 1.82) is 0 Å². The fourth-order valence-electron chi connectivity index (χ4n) is 2.99. The summed E-state index contributed by atoms with van der Waals surface area (Å²) >= 11 is 0. The zero-order valence-corrected chi connectivity index (χ0v) is 13.7. The van der Waals surface area contributed by atoms with Gasteiger partial charge in [-0.15, -0.1) is 10.2 Å². The van der Waals surface area contributed by atoms with Crippen LogP contribution in [-0.4, -0.2) is 37.8 Å². The quantitative estimate of drug-likeness (QED) is 0.783. The molecule has 8 nitrogen and oxygen atoms in total. The van der Waals surface area contributed by atoms with E-state index in [1.54, 1.807) is 6.33 Å². The Bertz CT molecular complexity index is 653. The lowest BCUT2D eigenvalue weighted by atomic mass is 10.2. The highest BCUT2D eigenvalue weighted by atomic mass is 15.3. The minimum Gasteiger partial charge on any atom is -0.370 e. The lowest BCUT2D eigenvalue weighted by molar-refractivity contribution is 0.625. The van der Waals surface area contributed by atoms with Crippen LogP contribution in [0.15, 0.2) is 12.4 Å². The third-order valence-corrected chi connectivity index (χ3v) is 4.16. The molecule has 8 heteroatoms. The molecule has 1 saturated heterocycles. The predicted octanol–water partition coefficient (Wildman–Crippen LogP) is 1.74. The molecule has 3 N–H and O–H groups in total. The molecule has 0 radical (unpaired) electrons. The monoisotopic (exact) mass is 316 g/mol. The molecule has 3 rings (SSSR count). The van der Waals surface area contributed by atoms with Gasteiger partial charge in [0, 0.05) is 26.2 Å². The second-order valence-corrected chi connectivity index (χ2v) is 5.90. The molecule has 2 aromatic heterocycles. The van der Waals surface area contributed by atoms with Crippen molar-refractivity contribution in [3.05, 3.63) is 18.2 Å². The number of nitrogens with one attached hydrogen (secondary N) is 1. The summed E-state index contributed by atoms with van der Waals surface area (Å²) in [6, 6.07) is 2.15. The standard InChI is InChI=1S/C15H24N8/c1-3-4-7-17-12-9-13(20-15(16)19-12)23-8-5-6-11(23)14-21-18-10-22(14)2/h9-11H,3-8H2,1-2H3,(H3,16,17,19,20)/t11-/m0/s1. The number of aryl methyl sites for hydroxylation is 1. The number of nitrogen functional groups attached to an aromatic ring is 1. The molecule has 23 heavy (non-hydrogen) atoms. The molecule has 0 spiro atoms. The van der Waals surface area contributed by atoms with Gasteiger partial charge in [0.2, 0.25) is 5.95 Å². The van der Waals surface area contributed by atoms with E-state index in [4.69, 9.17) is 5.73 Å². The van der Waals surface area contributed by atoms with Gasteiger partial charge in [-0.25, -0.2) is 0 Å². The Morgan fingerprint density at radius 2 is 2.26 bits per heavy atom. The molecule has 0 aromatic carbocycles. The van der Waals surface area contributed by atoms with Crippen LogP contribution in [0, 0.1) is 0 Å². The Labute approximate surface area is 136 Å². The average Bonchev–Trinajstić information content (AvgIpc) is 3.15. The summed E-state index contributed by atoms with van der Waals surface area (Å²) in [5.41, 5.74) is 5.90. The number of unbranched alkanes of at least 4 members (excludes halogenated alkanes) is 1. The van der Waals surface area contributed by atoms with Gasteiger partial charge in [0.25, 0.3) is 0 Å². The van der Waals surface area contributed by atoms with Crippen molar-refractivity contribution in [3.63, 3.8) is 0 Å². The highest BCUT2D eigenvalue weighted by Gasteiger charge is 2.30. The Hall–Kier alpha value is -2.38. The second-order valence-electron chi connectivity index (χ2n) is 5.90. The molecular formula is C15H24N8. The molecule has 0 aliphatic carbocycles. The van der Waals surface area contributed by atoms with E-state index in [0.29, 0.717) is 5.95 Å². The van der Waals surface area contributed by atoms with E-state index < -0.39 is 0 Å². The van der Waals surface area contributed by atoms with Crippen LogP contribution < -0.4 is 16.0 Å². The topological polar surface area (TPSA) is 97.8 Å². The number of anilines is 3. The van der Waals surface area contributed by atoms with Gasteiger partial charge in [-0.3, -0.25) is 0 Å². The number of aromatic nitrogens is 5. The van der Waals surface area contributed by atoms with Crippen LogP contribution >= 0.6 is 0 Å². The van der Waals surface area contributed by atoms with Gasteiger partial charge in [0.15, 0.2) is 5.82 Å². The maximum atomic E-state index is 5.90. The first-order valence-electron chi connectivity index (χ1n) is 8.18. The molecule has 2 aromatic rings. The summed E-state index contributed by atoms with van der Waals surface area (Å²) in [6.45, 7) is 3.98. The summed E-state index contributed by atoms with van der Waals surface area (Å²) in [5, 5.41) is 11.6. The number of nitrogens with two attached hydrogens (primary N) is 1. The van der Waals surface area contributed by atoms with E-state index in [1.165, 1.54) is 0 Å². The first-order chi connectivity index (χ1) is 11.2. The van der Waals surface area contributed by atoms with Crippen LogP contribution in [0.5, 0.6) is 0 Å². The Morgan fingerprint density at radius 3 is 3.00 bits per heavy atom. The van der Waals surface area contributed by atoms with Gasteiger partial charge in [-0.05, 0) is 19.3 Å². The van der Waals surface area contributed by atoms with Gasteiger partial charge >= 0.3 is 0 Å². The molecule has 1 aliphatic rings. The largest absolute Gasteiger partial charge is 0.370 e. The first-order valence-corrected chi connectivity index (χ1v) is 8.18. The molecule has 1 atom stereocenters. The van der Waals surface area contributed by atoms with Crippen LogP contribution in [-0.2, 0) is 7.05 Å². The zero-order valence-electron chi connectivity index (χ0n) is 13.7. The van der Waals surface area contributed by atoms with E-state index in [9.17, 15) is 0 Å².